The average Bonchev–Trinajstić information content (AvgIpc) is 2.18. The summed E-state index contributed by atoms with van der Waals surface area (Å²) in [6, 6.07) is 0.0292. The number of rotatable bonds is 2. The topological polar surface area (TPSA) is 67.2 Å². The highest BCUT2D eigenvalue weighted by molar-refractivity contribution is 7.99. The Hall–Kier alpha value is -0.420. The summed E-state index contributed by atoms with van der Waals surface area (Å²) in [6.45, 7) is 0. The van der Waals surface area contributed by atoms with E-state index in [9.17, 15) is 4.79 Å². The van der Waals surface area contributed by atoms with E-state index in [4.69, 9.17) is 5.84 Å². The quantitative estimate of drug-likeness (QED) is 0.354. The fourth-order valence-electron chi connectivity index (χ4n) is 1.72. The first-order valence-electron chi connectivity index (χ1n) is 4.56. The maximum atomic E-state index is 10.9. The summed E-state index contributed by atoms with van der Waals surface area (Å²) in [4.78, 5) is 10.9. The molecule has 0 aromatic heterocycles. The Labute approximate surface area is 83.0 Å². The van der Waals surface area contributed by atoms with Crippen LogP contribution >= 0.6 is 11.8 Å². The molecule has 76 valence electrons. The monoisotopic (exact) mass is 203 g/mol. The van der Waals surface area contributed by atoms with Gasteiger partial charge in [0.2, 0.25) is 0 Å². The lowest BCUT2D eigenvalue weighted by Gasteiger charge is -2.28. The molecule has 5 heteroatoms. The zero-order valence-electron chi connectivity index (χ0n) is 7.88. The summed E-state index contributed by atoms with van der Waals surface area (Å²) < 4.78 is 0. The molecular weight excluding hydrogens is 186 g/mol. The number of hydrazine groups is 1. The Kier molecular flexibility index (Phi) is 4.38. The zero-order chi connectivity index (χ0) is 9.68. The van der Waals surface area contributed by atoms with Crippen molar-refractivity contribution in [2.45, 2.75) is 37.0 Å². The molecule has 0 bridgehead atoms. The molecule has 0 aromatic rings. The Balaban J connectivity index is 2.29. The fraction of sp³-hybridized carbons (Fsp3) is 0.875. The molecular formula is C8H17N3OS. The van der Waals surface area contributed by atoms with Crippen LogP contribution in [0.2, 0.25) is 0 Å². The lowest BCUT2D eigenvalue weighted by molar-refractivity contribution is 0.233. The number of nitrogens with two attached hydrogens (primary N) is 1. The van der Waals surface area contributed by atoms with Gasteiger partial charge >= 0.3 is 6.03 Å². The van der Waals surface area contributed by atoms with Crippen LogP contribution in [0.25, 0.3) is 0 Å². The van der Waals surface area contributed by atoms with Crippen LogP contribution in [-0.2, 0) is 0 Å². The van der Waals surface area contributed by atoms with Crippen molar-refractivity contribution in [1.82, 2.24) is 10.7 Å². The molecule has 0 heterocycles. The molecule has 0 saturated heterocycles. The Morgan fingerprint density at radius 1 is 1.54 bits per heavy atom. The van der Waals surface area contributed by atoms with Crippen LogP contribution in [0.1, 0.15) is 25.7 Å². The molecule has 13 heavy (non-hydrogen) atoms. The normalized spacial score (nSPS) is 28.2. The number of carbonyl (C=O) groups is 1. The first-order valence-corrected chi connectivity index (χ1v) is 5.85. The van der Waals surface area contributed by atoms with Gasteiger partial charge in [0.1, 0.15) is 0 Å². The van der Waals surface area contributed by atoms with Crippen LogP contribution in [0, 0.1) is 0 Å². The van der Waals surface area contributed by atoms with Gasteiger partial charge in [0.05, 0.1) is 0 Å². The third-order valence-electron chi connectivity index (χ3n) is 2.43. The predicted molar refractivity (Wildman–Crippen MR) is 55.4 cm³/mol. The van der Waals surface area contributed by atoms with Gasteiger partial charge in [-0.05, 0) is 25.5 Å². The van der Waals surface area contributed by atoms with E-state index in [1.807, 2.05) is 11.8 Å². The SMILES string of the molecule is CSC1CCCC(NC(=O)NN)C1. The molecule has 4 nitrogen and oxygen atoms in total. The number of hydrogen-bond donors (Lipinski definition) is 3. The van der Waals surface area contributed by atoms with Gasteiger partial charge in [0.25, 0.3) is 0 Å². The molecule has 0 aromatic carbocycles. The maximum Gasteiger partial charge on any atom is 0.329 e. The highest BCUT2D eigenvalue weighted by atomic mass is 32.2. The molecule has 0 radical (unpaired) electrons. The number of urea groups is 1. The summed E-state index contributed by atoms with van der Waals surface area (Å²) in [7, 11) is 0. The smallest absolute Gasteiger partial charge is 0.329 e. The van der Waals surface area contributed by atoms with Gasteiger partial charge in [-0.2, -0.15) is 11.8 Å². The van der Waals surface area contributed by atoms with Crippen molar-refractivity contribution in [2.24, 2.45) is 5.84 Å². The van der Waals surface area contributed by atoms with Crippen molar-refractivity contribution in [3.8, 4) is 0 Å². The van der Waals surface area contributed by atoms with Gasteiger partial charge in [-0.15, -0.1) is 0 Å². The molecule has 1 fully saturated rings. The number of nitrogens with one attached hydrogen (secondary N) is 2. The van der Waals surface area contributed by atoms with Crippen molar-refractivity contribution in [3.63, 3.8) is 0 Å². The van der Waals surface area contributed by atoms with Crippen LogP contribution in [0.3, 0.4) is 0 Å². The molecule has 0 spiro atoms. The summed E-state index contributed by atoms with van der Waals surface area (Å²) in [5, 5.41) is 3.54. The minimum Gasteiger partial charge on any atom is -0.334 e. The van der Waals surface area contributed by atoms with E-state index in [1.165, 1.54) is 12.8 Å². The number of hydrogen-bond acceptors (Lipinski definition) is 3. The maximum absolute atomic E-state index is 10.9. The highest BCUT2D eigenvalue weighted by Crippen LogP contribution is 2.26. The third-order valence-corrected chi connectivity index (χ3v) is 3.52. The number of thioether (sulfide) groups is 1. The molecule has 1 aliphatic rings. The predicted octanol–water partition coefficient (Wildman–Crippen LogP) is 0.834. The van der Waals surface area contributed by atoms with Gasteiger partial charge in [0.15, 0.2) is 0 Å². The first kappa shape index (κ1) is 10.7. The van der Waals surface area contributed by atoms with Crippen LogP contribution in [0.15, 0.2) is 0 Å². The molecule has 1 rings (SSSR count). The average molecular weight is 203 g/mol. The molecule has 4 N–H and O–H groups in total. The number of carbonyl (C=O) groups excluding carboxylic acids is 1. The second-order valence-electron chi connectivity index (χ2n) is 3.34. The van der Waals surface area contributed by atoms with E-state index in [0.29, 0.717) is 11.3 Å². The van der Waals surface area contributed by atoms with Crippen LogP contribution in [0.5, 0.6) is 0 Å². The zero-order valence-corrected chi connectivity index (χ0v) is 8.69. The van der Waals surface area contributed by atoms with E-state index in [2.05, 4.69) is 17.0 Å². The molecule has 2 atom stereocenters. The molecule has 1 saturated carbocycles. The van der Waals surface area contributed by atoms with Crippen LogP contribution in [-0.4, -0.2) is 23.6 Å². The summed E-state index contributed by atoms with van der Waals surface area (Å²) in [5.41, 5.74) is 2.09. The van der Waals surface area contributed by atoms with E-state index in [0.717, 1.165) is 12.8 Å². The third kappa shape index (κ3) is 3.44. The van der Waals surface area contributed by atoms with E-state index >= 15 is 0 Å². The lowest BCUT2D eigenvalue weighted by atomic mass is 9.95. The molecule has 0 aliphatic heterocycles. The molecule has 2 amide bonds. The summed E-state index contributed by atoms with van der Waals surface area (Å²) >= 11 is 1.88. The van der Waals surface area contributed by atoms with Crippen molar-refractivity contribution >= 4 is 17.8 Å². The fourth-order valence-corrected chi connectivity index (χ4v) is 2.54. The van der Waals surface area contributed by atoms with Crippen molar-refractivity contribution in [2.75, 3.05) is 6.26 Å². The first-order chi connectivity index (χ1) is 6.26. The molecule has 2 unspecified atom stereocenters. The Morgan fingerprint density at radius 2 is 2.31 bits per heavy atom. The minimum absolute atomic E-state index is 0.272. The second kappa shape index (κ2) is 5.34. The van der Waals surface area contributed by atoms with Gasteiger partial charge < -0.3 is 5.32 Å². The minimum atomic E-state index is -0.272. The van der Waals surface area contributed by atoms with Crippen LogP contribution in [0.4, 0.5) is 4.79 Å². The van der Waals surface area contributed by atoms with Gasteiger partial charge in [-0.25, -0.2) is 10.6 Å². The van der Waals surface area contributed by atoms with Gasteiger partial charge in [0, 0.05) is 11.3 Å². The molecule has 1 aliphatic carbocycles. The standard InChI is InChI=1S/C8H17N3OS/c1-13-7-4-2-3-6(5-7)10-8(12)11-9/h6-7H,2-5,9H2,1H3,(H2,10,11,12). The van der Waals surface area contributed by atoms with E-state index in [1.54, 1.807) is 0 Å². The Bertz CT molecular complexity index is 177. The van der Waals surface area contributed by atoms with E-state index in [-0.39, 0.29) is 6.03 Å². The second-order valence-corrected chi connectivity index (χ2v) is 4.48. The van der Waals surface area contributed by atoms with Crippen molar-refractivity contribution in [1.29, 1.82) is 0 Å². The Morgan fingerprint density at radius 3 is 2.92 bits per heavy atom. The largest absolute Gasteiger partial charge is 0.334 e. The lowest BCUT2D eigenvalue weighted by Crippen LogP contribution is -2.46. The summed E-state index contributed by atoms with van der Waals surface area (Å²) in [5.74, 6) is 4.99. The van der Waals surface area contributed by atoms with Gasteiger partial charge in [-0.1, -0.05) is 6.42 Å². The van der Waals surface area contributed by atoms with Crippen molar-refractivity contribution < 1.29 is 4.79 Å². The van der Waals surface area contributed by atoms with Crippen LogP contribution < -0.4 is 16.6 Å². The highest BCUT2D eigenvalue weighted by Gasteiger charge is 2.21. The van der Waals surface area contributed by atoms with Gasteiger partial charge in [-0.3, -0.25) is 5.43 Å². The number of amides is 2. The summed E-state index contributed by atoms with van der Waals surface area (Å²) in [6.07, 6.45) is 6.72. The van der Waals surface area contributed by atoms with Crippen molar-refractivity contribution in [3.05, 3.63) is 0 Å². The van der Waals surface area contributed by atoms with E-state index < -0.39 is 0 Å².